The van der Waals surface area contributed by atoms with Crippen molar-refractivity contribution in [3.63, 3.8) is 0 Å². The number of nitrogens with zero attached hydrogens (tertiary/aromatic N) is 3. The summed E-state index contributed by atoms with van der Waals surface area (Å²) in [5, 5.41) is 4.66. The van der Waals surface area contributed by atoms with Gasteiger partial charge in [0.1, 0.15) is 19.2 Å². The van der Waals surface area contributed by atoms with Crippen molar-refractivity contribution >= 4 is 41.2 Å². The number of aromatic nitrogens is 3. The monoisotopic (exact) mass is 216 g/mol. The Morgan fingerprint density at radius 2 is 2.21 bits per heavy atom. The Kier molecular flexibility index (Phi) is 4.62. The normalized spacial score (nSPS) is 9.50. The summed E-state index contributed by atoms with van der Waals surface area (Å²) < 4.78 is 1.63. The minimum atomic E-state index is 0. The van der Waals surface area contributed by atoms with E-state index < -0.39 is 0 Å². The van der Waals surface area contributed by atoms with Crippen LogP contribution in [0.4, 0.5) is 0 Å². The van der Waals surface area contributed by atoms with Crippen molar-refractivity contribution in [2.45, 2.75) is 0 Å². The molecule has 2 aromatic rings. The molecule has 0 saturated carbocycles. The van der Waals surface area contributed by atoms with Crippen LogP contribution in [-0.4, -0.2) is 44.3 Å². The van der Waals surface area contributed by atoms with Gasteiger partial charge in [-0.2, -0.15) is 5.10 Å². The van der Waals surface area contributed by atoms with E-state index in [0.717, 1.165) is 5.56 Å². The van der Waals surface area contributed by atoms with Gasteiger partial charge in [0.05, 0.1) is 0 Å². The Morgan fingerprint density at radius 1 is 1.36 bits per heavy atom. The third-order valence-electron chi connectivity index (χ3n) is 1.57. The first-order valence-corrected chi connectivity index (χ1v) is 4.17. The van der Waals surface area contributed by atoms with Crippen molar-refractivity contribution in [1.29, 1.82) is 0 Å². The second-order valence-electron chi connectivity index (χ2n) is 2.56. The molecule has 2 rings (SSSR count). The molecule has 5 heteroatoms. The van der Waals surface area contributed by atoms with Gasteiger partial charge in [0.15, 0.2) is 0 Å². The predicted molar refractivity (Wildman–Crippen MR) is 57.4 cm³/mol. The van der Waals surface area contributed by atoms with Crippen LogP contribution in [0.5, 0.6) is 0 Å². The maximum atomic E-state index is 5.82. The minimum absolute atomic E-state index is 0. The van der Waals surface area contributed by atoms with Crippen LogP contribution in [0.1, 0.15) is 5.56 Å². The van der Waals surface area contributed by atoms with Crippen LogP contribution in [-0.2, 0) is 0 Å². The summed E-state index contributed by atoms with van der Waals surface area (Å²) in [4.78, 5) is 3.83. The summed E-state index contributed by atoms with van der Waals surface area (Å²) in [5.74, 6) is 0. The molecule has 0 bridgehead atoms. The van der Waals surface area contributed by atoms with Gasteiger partial charge in [-0.15, -0.1) is 0 Å². The van der Waals surface area contributed by atoms with E-state index in [9.17, 15) is 0 Å². The van der Waals surface area contributed by atoms with Crippen LogP contribution < -0.4 is 0 Å². The van der Waals surface area contributed by atoms with Gasteiger partial charge in [-0.05, 0) is 17.7 Å². The van der Waals surface area contributed by atoms with Gasteiger partial charge in [-0.25, -0.2) is 9.67 Å². The fraction of sp³-hybridized carbons (Fsp3) is 0. The van der Waals surface area contributed by atoms with Crippen LogP contribution in [0.2, 0.25) is 5.02 Å². The van der Waals surface area contributed by atoms with E-state index in [1.165, 1.54) is 6.33 Å². The Hall–Kier alpha value is -0.350. The third kappa shape index (κ3) is 3.10. The molecular weight excluding hydrogens is 209 g/mol. The molecule has 67 valence electrons. The molecule has 14 heavy (non-hydrogen) atoms. The molecule has 0 aliphatic rings. The molecule has 1 heterocycles. The summed E-state index contributed by atoms with van der Waals surface area (Å²) >= 11 is 5.82. The zero-order valence-electron chi connectivity index (χ0n) is 6.76. The molecule has 0 fully saturated rings. The molecular formula is C9H8ClN3Na. The van der Waals surface area contributed by atoms with Crippen molar-refractivity contribution in [2.24, 2.45) is 0 Å². The average molecular weight is 217 g/mol. The summed E-state index contributed by atoms with van der Waals surface area (Å²) in [7, 11) is 0. The van der Waals surface area contributed by atoms with Crippen LogP contribution in [0.15, 0.2) is 36.9 Å². The van der Waals surface area contributed by atoms with Gasteiger partial charge < -0.3 is 0 Å². The first-order valence-electron chi connectivity index (χ1n) is 3.79. The molecule has 0 aliphatic carbocycles. The summed E-state index contributed by atoms with van der Waals surface area (Å²) in [6.45, 7) is 1.85. The predicted octanol–water partition coefficient (Wildman–Crippen LogP) is 1.34. The van der Waals surface area contributed by atoms with E-state index in [1.54, 1.807) is 11.0 Å². The van der Waals surface area contributed by atoms with E-state index in [0.29, 0.717) is 5.02 Å². The fourth-order valence-corrected chi connectivity index (χ4v) is 1.22. The Morgan fingerprint density at radius 3 is 2.86 bits per heavy atom. The molecule has 1 radical (unpaired) electrons. The Balaban J connectivity index is 0.000000980. The SMILES string of the molecule is Clc1cccc([CH]n2cncn2)c1.[NaH]. The maximum absolute atomic E-state index is 5.82. The van der Waals surface area contributed by atoms with E-state index in [4.69, 9.17) is 11.6 Å². The molecule has 3 nitrogen and oxygen atoms in total. The number of halogens is 1. The number of hydrogen-bond acceptors (Lipinski definition) is 2. The molecule has 0 spiro atoms. The van der Waals surface area contributed by atoms with Gasteiger partial charge in [0, 0.05) is 5.02 Å². The quantitative estimate of drug-likeness (QED) is 0.710. The van der Waals surface area contributed by atoms with Crippen LogP contribution in [0.3, 0.4) is 0 Å². The molecule has 0 saturated heterocycles. The van der Waals surface area contributed by atoms with E-state index in [1.807, 2.05) is 30.8 Å². The van der Waals surface area contributed by atoms with Gasteiger partial charge >= 0.3 is 29.6 Å². The summed E-state index contributed by atoms with van der Waals surface area (Å²) in [5.41, 5.74) is 0.998. The second-order valence-corrected chi connectivity index (χ2v) is 3.00. The number of benzene rings is 1. The molecule has 0 unspecified atom stereocenters. The molecule has 1 aromatic carbocycles. The second kappa shape index (κ2) is 5.51. The number of rotatable bonds is 2. The Labute approximate surface area is 109 Å². The third-order valence-corrected chi connectivity index (χ3v) is 1.80. The van der Waals surface area contributed by atoms with Gasteiger partial charge in [0.25, 0.3) is 0 Å². The van der Waals surface area contributed by atoms with Crippen molar-refractivity contribution in [3.8, 4) is 0 Å². The molecule has 0 atom stereocenters. The summed E-state index contributed by atoms with van der Waals surface area (Å²) in [6.07, 6.45) is 3.11. The zero-order valence-corrected chi connectivity index (χ0v) is 7.52. The molecule has 0 amide bonds. The van der Waals surface area contributed by atoms with Crippen molar-refractivity contribution in [1.82, 2.24) is 14.8 Å². The summed E-state index contributed by atoms with van der Waals surface area (Å²) in [6, 6.07) is 7.54. The van der Waals surface area contributed by atoms with Gasteiger partial charge in [-0.1, -0.05) is 23.7 Å². The van der Waals surface area contributed by atoms with Crippen molar-refractivity contribution < 1.29 is 0 Å². The van der Waals surface area contributed by atoms with E-state index in [2.05, 4.69) is 10.1 Å². The van der Waals surface area contributed by atoms with Crippen LogP contribution >= 0.6 is 11.6 Å². The standard InChI is InChI=1S/C9H7ClN3.Na.H/c10-9-3-1-2-8(4-9)5-13-7-11-6-12-13;;/h1-7H;;. The van der Waals surface area contributed by atoms with Gasteiger partial charge in [0.2, 0.25) is 0 Å². The Bertz CT molecular complexity index is 389. The molecule has 1 aromatic heterocycles. The van der Waals surface area contributed by atoms with Crippen LogP contribution in [0.25, 0.3) is 0 Å². The van der Waals surface area contributed by atoms with E-state index >= 15 is 0 Å². The zero-order chi connectivity index (χ0) is 9.10. The van der Waals surface area contributed by atoms with Gasteiger partial charge in [-0.3, -0.25) is 0 Å². The van der Waals surface area contributed by atoms with Crippen molar-refractivity contribution in [3.05, 3.63) is 54.1 Å². The van der Waals surface area contributed by atoms with Crippen molar-refractivity contribution in [2.75, 3.05) is 0 Å². The molecule has 0 aliphatic heterocycles. The topological polar surface area (TPSA) is 30.7 Å². The number of hydrogen-bond donors (Lipinski definition) is 0. The first-order chi connectivity index (χ1) is 6.34. The average Bonchev–Trinajstić information content (AvgIpc) is 2.57. The van der Waals surface area contributed by atoms with E-state index in [-0.39, 0.29) is 29.6 Å². The fourth-order valence-electron chi connectivity index (χ4n) is 1.02. The molecule has 0 N–H and O–H groups in total. The first kappa shape index (κ1) is 11.7. The van der Waals surface area contributed by atoms with Crippen LogP contribution in [0, 0.1) is 6.54 Å².